The minimum Gasteiger partial charge on any atom is -0.497 e. The number of methoxy groups -OCH3 is 2. The van der Waals surface area contributed by atoms with E-state index in [-0.39, 0.29) is 5.41 Å². The summed E-state index contributed by atoms with van der Waals surface area (Å²) in [4.78, 5) is 24.9. The molecule has 0 N–H and O–H groups in total. The molecule has 0 saturated heterocycles. The minimum absolute atomic E-state index is 0.336. The van der Waals surface area contributed by atoms with Crippen molar-refractivity contribution in [1.29, 1.82) is 0 Å². The van der Waals surface area contributed by atoms with E-state index >= 15 is 0 Å². The fraction of sp³-hybridized carbons (Fsp3) is 0.161. The molecule has 0 aromatic heterocycles. The SMILES string of the molecule is COc1ccc(C(=O)Oc2ccc(C(C)(C)c3ccc(OC(=O)c4ccc(OC)cc4)cc3)cc2)cc1. The Hall–Kier alpha value is -4.58. The van der Waals surface area contributed by atoms with Crippen LogP contribution in [0.25, 0.3) is 0 Å². The van der Waals surface area contributed by atoms with Gasteiger partial charge in [0.15, 0.2) is 0 Å². The summed E-state index contributed by atoms with van der Waals surface area (Å²) in [5, 5.41) is 0. The quantitative estimate of drug-likeness (QED) is 0.206. The lowest BCUT2D eigenvalue weighted by Gasteiger charge is -2.26. The smallest absolute Gasteiger partial charge is 0.343 e. The molecule has 0 fully saturated rings. The van der Waals surface area contributed by atoms with Gasteiger partial charge in [0.25, 0.3) is 0 Å². The molecular weight excluding hydrogens is 468 g/mol. The Morgan fingerprint density at radius 1 is 0.486 bits per heavy atom. The van der Waals surface area contributed by atoms with Gasteiger partial charge in [-0.05, 0) is 83.9 Å². The zero-order valence-corrected chi connectivity index (χ0v) is 21.2. The van der Waals surface area contributed by atoms with Gasteiger partial charge in [-0.1, -0.05) is 38.1 Å². The van der Waals surface area contributed by atoms with E-state index < -0.39 is 11.9 Å². The normalized spacial score (nSPS) is 10.9. The van der Waals surface area contributed by atoms with E-state index in [0.717, 1.165) is 11.1 Å². The van der Waals surface area contributed by atoms with Crippen LogP contribution in [0.4, 0.5) is 0 Å². The van der Waals surface area contributed by atoms with Crippen molar-refractivity contribution in [3.63, 3.8) is 0 Å². The van der Waals surface area contributed by atoms with E-state index in [1.165, 1.54) is 0 Å². The van der Waals surface area contributed by atoms with Crippen LogP contribution in [0, 0.1) is 0 Å². The summed E-state index contributed by atoms with van der Waals surface area (Å²) in [7, 11) is 3.15. The maximum atomic E-state index is 12.4. The van der Waals surface area contributed by atoms with Crippen LogP contribution < -0.4 is 18.9 Å². The molecule has 0 heterocycles. The lowest BCUT2D eigenvalue weighted by Crippen LogP contribution is -2.19. The minimum atomic E-state index is -0.436. The summed E-state index contributed by atoms with van der Waals surface area (Å²) in [6.45, 7) is 4.20. The van der Waals surface area contributed by atoms with Crippen LogP contribution in [0.2, 0.25) is 0 Å². The first-order valence-electron chi connectivity index (χ1n) is 11.7. The molecule has 0 spiro atoms. The van der Waals surface area contributed by atoms with Gasteiger partial charge < -0.3 is 18.9 Å². The Labute approximate surface area is 216 Å². The summed E-state index contributed by atoms with van der Waals surface area (Å²) < 4.78 is 21.3. The lowest BCUT2D eigenvalue weighted by atomic mass is 9.78. The van der Waals surface area contributed by atoms with Crippen LogP contribution in [-0.2, 0) is 5.41 Å². The molecule has 0 aliphatic carbocycles. The second-order valence-electron chi connectivity index (χ2n) is 8.91. The topological polar surface area (TPSA) is 71.1 Å². The Kier molecular flexibility index (Phi) is 7.58. The second-order valence-corrected chi connectivity index (χ2v) is 8.91. The molecule has 0 bridgehead atoms. The first-order valence-corrected chi connectivity index (χ1v) is 11.7. The number of hydrogen-bond donors (Lipinski definition) is 0. The van der Waals surface area contributed by atoms with Crippen LogP contribution in [-0.4, -0.2) is 26.2 Å². The molecule has 0 atom stereocenters. The number of esters is 2. The maximum Gasteiger partial charge on any atom is 0.343 e. The standard InChI is InChI=1S/C31H28O6/c1-31(2,23-9-17-27(18-10-23)36-29(32)21-5-13-25(34-3)14-6-21)24-11-19-28(20-12-24)37-30(33)22-7-15-26(35-4)16-8-22/h5-20H,1-4H3. The van der Waals surface area contributed by atoms with Crippen LogP contribution in [0.5, 0.6) is 23.0 Å². The van der Waals surface area contributed by atoms with Crippen molar-refractivity contribution in [3.05, 3.63) is 119 Å². The lowest BCUT2D eigenvalue weighted by molar-refractivity contribution is 0.0725. The third kappa shape index (κ3) is 5.98. The zero-order chi connectivity index (χ0) is 26.4. The van der Waals surface area contributed by atoms with Crippen LogP contribution in [0.15, 0.2) is 97.1 Å². The Morgan fingerprint density at radius 2 is 0.784 bits per heavy atom. The largest absolute Gasteiger partial charge is 0.497 e. The molecule has 188 valence electrons. The van der Waals surface area contributed by atoms with Gasteiger partial charge in [0, 0.05) is 5.41 Å². The van der Waals surface area contributed by atoms with Gasteiger partial charge in [0.05, 0.1) is 25.3 Å². The third-order valence-corrected chi connectivity index (χ3v) is 6.22. The van der Waals surface area contributed by atoms with E-state index in [0.29, 0.717) is 34.1 Å². The molecule has 4 aromatic rings. The zero-order valence-electron chi connectivity index (χ0n) is 21.2. The highest BCUT2D eigenvalue weighted by molar-refractivity contribution is 5.91. The molecule has 0 aliphatic rings. The number of rotatable bonds is 8. The third-order valence-electron chi connectivity index (χ3n) is 6.22. The van der Waals surface area contributed by atoms with Crippen LogP contribution >= 0.6 is 0 Å². The number of ether oxygens (including phenoxy) is 4. The molecule has 0 unspecified atom stereocenters. The first-order chi connectivity index (χ1) is 17.8. The second kappa shape index (κ2) is 11.0. The highest BCUT2D eigenvalue weighted by atomic mass is 16.5. The van der Waals surface area contributed by atoms with Crippen molar-refractivity contribution in [2.24, 2.45) is 0 Å². The average molecular weight is 497 g/mol. The van der Waals surface area contributed by atoms with Gasteiger partial charge >= 0.3 is 11.9 Å². The molecule has 0 saturated carbocycles. The van der Waals surface area contributed by atoms with E-state index in [1.807, 2.05) is 24.3 Å². The summed E-state index contributed by atoms with van der Waals surface area (Å²) >= 11 is 0. The van der Waals surface area contributed by atoms with E-state index in [1.54, 1.807) is 87.0 Å². The molecule has 0 radical (unpaired) electrons. The molecular formula is C31H28O6. The van der Waals surface area contributed by atoms with Crippen molar-refractivity contribution >= 4 is 11.9 Å². The number of carbonyl (C=O) groups excluding carboxylic acids is 2. The van der Waals surface area contributed by atoms with Crippen molar-refractivity contribution in [2.75, 3.05) is 14.2 Å². The molecule has 0 aliphatic heterocycles. The van der Waals surface area contributed by atoms with E-state index in [4.69, 9.17) is 18.9 Å². The van der Waals surface area contributed by atoms with E-state index in [9.17, 15) is 9.59 Å². The fourth-order valence-electron chi connectivity index (χ4n) is 3.83. The molecule has 6 heteroatoms. The fourth-order valence-corrected chi connectivity index (χ4v) is 3.83. The van der Waals surface area contributed by atoms with Crippen LogP contribution in [0.3, 0.4) is 0 Å². The number of benzene rings is 4. The van der Waals surface area contributed by atoms with Crippen LogP contribution in [0.1, 0.15) is 45.7 Å². The molecule has 4 rings (SSSR count). The maximum absolute atomic E-state index is 12.4. The molecule has 4 aromatic carbocycles. The van der Waals surface area contributed by atoms with Gasteiger partial charge in [-0.15, -0.1) is 0 Å². The van der Waals surface area contributed by atoms with Gasteiger partial charge in [-0.3, -0.25) is 0 Å². The van der Waals surface area contributed by atoms with Gasteiger partial charge in [-0.2, -0.15) is 0 Å². The monoisotopic (exact) mass is 496 g/mol. The average Bonchev–Trinajstić information content (AvgIpc) is 2.93. The summed E-state index contributed by atoms with van der Waals surface area (Å²) in [5.41, 5.74) is 2.63. The summed E-state index contributed by atoms with van der Waals surface area (Å²) in [6.07, 6.45) is 0. The Bertz CT molecular complexity index is 1250. The van der Waals surface area contributed by atoms with Gasteiger partial charge in [0.1, 0.15) is 23.0 Å². The van der Waals surface area contributed by atoms with Crippen molar-refractivity contribution in [3.8, 4) is 23.0 Å². The predicted octanol–water partition coefficient (Wildman–Crippen LogP) is 6.47. The van der Waals surface area contributed by atoms with E-state index in [2.05, 4.69) is 13.8 Å². The van der Waals surface area contributed by atoms with Crippen molar-refractivity contribution < 1.29 is 28.5 Å². The van der Waals surface area contributed by atoms with Crippen molar-refractivity contribution in [1.82, 2.24) is 0 Å². The molecule has 0 amide bonds. The highest BCUT2D eigenvalue weighted by Gasteiger charge is 2.23. The number of carbonyl (C=O) groups is 2. The molecule has 6 nitrogen and oxygen atoms in total. The predicted molar refractivity (Wildman–Crippen MR) is 141 cm³/mol. The molecule has 37 heavy (non-hydrogen) atoms. The number of hydrogen-bond acceptors (Lipinski definition) is 6. The van der Waals surface area contributed by atoms with Crippen molar-refractivity contribution in [2.45, 2.75) is 19.3 Å². The highest BCUT2D eigenvalue weighted by Crippen LogP contribution is 2.33. The van der Waals surface area contributed by atoms with Gasteiger partial charge in [0.2, 0.25) is 0 Å². The summed E-state index contributed by atoms with van der Waals surface area (Å²) in [6, 6.07) is 28.4. The Balaban J connectivity index is 1.41. The first kappa shape index (κ1) is 25.5. The van der Waals surface area contributed by atoms with Gasteiger partial charge in [-0.25, -0.2) is 9.59 Å². The Morgan fingerprint density at radius 3 is 1.08 bits per heavy atom. The summed E-state index contributed by atoms with van der Waals surface area (Å²) in [5.74, 6) is 1.39.